The van der Waals surface area contributed by atoms with E-state index in [1.165, 1.54) is 19.4 Å². The second-order valence-electron chi connectivity index (χ2n) is 5.22. The molecule has 1 atom stereocenters. The minimum atomic E-state index is 0.206. The lowest BCUT2D eigenvalue weighted by Gasteiger charge is -2.33. The highest BCUT2D eigenvalue weighted by Gasteiger charge is 2.30. The maximum Gasteiger partial charge on any atom is 0.255 e. The fraction of sp³-hybridized carbons (Fsp3) is 0.533. The van der Waals surface area contributed by atoms with Crippen LogP contribution in [0.5, 0.6) is 0 Å². The van der Waals surface area contributed by atoms with Crippen LogP contribution in [0.25, 0.3) is 0 Å². The smallest absolute Gasteiger partial charge is 0.255 e. The summed E-state index contributed by atoms with van der Waals surface area (Å²) in [5, 5.41) is 0. The quantitative estimate of drug-likeness (QED) is 0.848. The molecule has 1 saturated heterocycles. The van der Waals surface area contributed by atoms with Gasteiger partial charge in [-0.05, 0) is 38.1 Å². The van der Waals surface area contributed by atoms with Crippen molar-refractivity contribution in [2.24, 2.45) is 0 Å². The predicted octanol–water partition coefficient (Wildman–Crippen LogP) is 2.68. The zero-order valence-electron chi connectivity index (χ0n) is 11.3. The average Bonchev–Trinajstić information content (AvgIpc) is 2.89. The molecule has 1 aromatic carbocycles. The minimum absolute atomic E-state index is 0.206. The van der Waals surface area contributed by atoms with Crippen LogP contribution in [0.1, 0.15) is 30.1 Å². The maximum atomic E-state index is 12.5. The first-order valence-corrected chi connectivity index (χ1v) is 8.03. The molecule has 102 valence electrons. The lowest BCUT2D eigenvalue weighted by Crippen LogP contribution is -2.44. The Morgan fingerprint density at radius 1 is 1.37 bits per heavy atom. The first-order chi connectivity index (χ1) is 9.29. The molecule has 0 aromatic heterocycles. The zero-order chi connectivity index (χ0) is 13.2. The van der Waals surface area contributed by atoms with Crippen LogP contribution in [0.3, 0.4) is 0 Å². The van der Waals surface area contributed by atoms with E-state index in [0.29, 0.717) is 6.04 Å². The van der Waals surface area contributed by atoms with Crippen molar-refractivity contribution in [2.45, 2.75) is 30.7 Å². The summed E-state index contributed by atoms with van der Waals surface area (Å²) in [5.41, 5.74) is 0.875. The van der Waals surface area contributed by atoms with Crippen LogP contribution in [-0.4, -0.2) is 47.3 Å². The van der Waals surface area contributed by atoms with Gasteiger partial charge < -0.3 is 4.90 Å². The van der Waals surface area contributed by atoms with Crippen LogP contribution in [0, 0.1) is 0 Å². The molecular formula is C15H20N2OS. The summed E-state index contributed by atoms with van der Waals surface area (Å²) in [6.07, 6.45) is 2.49. The van der Waals surface area contributed by atoms with E-state index in [1.54, 1.807) is 11.8 Å². The molecule has 4 heteroatoms. The largest absolute Gasteiger partial charge is 0.327 e. The molecule has 0 saturated carbocycles. The Kier molecular flexibility index (Phi) is 3.80. The molecule has 0 N–H and O–H groups in total. The number of fused-ring (bicyclic) bond motifs is 1. The highest BCUT2D eigenvalue weighted by molar-refractivity contribution is 7.99. The highest BCUT2D eigenvalue weighted by Crippen LogP contribution is 2.31. The van der Waals surface area contributed by atoms with Crippen molar-refractivity contribution in [1.29, 1.82) is 0 Å². The van der Waals surface area contributed by atoms with Gasteiger partial charge in [0.15, 0.2) is 0 Å². The standard InChI is InChI=1S/C15H20N2OS/c1-2-16-9-5-6-12(16)10-17-11-19-14-8-4-3-7-13(14)15(17)18/h3-4,7-8,12H,2,5-6,9-11H2,1H3/t12-/m1/s1. The molecule has 0 unspecified atom stereocenters. The number of hydrogen-bond donors (Lipinski definition) is 0. The molecule has 2 heterocycles. The first kappa shape index (κ1) is 13.0. The lowest BCUT2D eigenvalue weighted by molar-refractivity contribution is 0.0734. The van der Waals surface area contributed by atoms with E-state index >= 15 is 0 Å². The Labute approximate surface area is 119 Å². The fourth-order valence-corrected chi connectivity index (χ4v) is 4.06. The van der Waals surface area contributed by atoms with E-state index in [-0.39, 0.29) is 5.91 Å². The van der Waals surface area contributed by atoms with Gasteiger partial charge in [0.05, 0.1) is 11.4 Å². The van der Waals surface area contributed by atoms with Gasteiger partial charge >= 0.3 is 0 Å². The van der Waals surface area contributed by atoms with Gasteiger partial charge in [-0.15, -0.1) is 11.8 Å². The third kappa shape index (κ3) is 2.51. The Morgan fingerprint density at radius 3 is 3.05 bits per heavy atom. The van der Waals surface area contributed by atoms with E-state index in [0.717, 1.165) is 29.4 Å². The van der Waals surface area contributed by atoms with E-state index in [1.807, 2.05) is 29.2 Å². The second-order valence-corrected chi connectivity index (χ2v) is 6.21. The molecule has 0 radical (unpaired) electrons. The zero-order valence-corrected chi connectivity index (χ0v) is 12.2. The summed E-state index contributed by atoms with van der Waals surface area (Å²) in [6, 6.07) is 8.51. The molecule has 2 aliphatic heterocycles. The van der Waals surface area contributed by atoms with Crippen molar-refractivity contribution in [3.63, 3.8) is 0 Å². The first-order valence-electron chi connectivity index (χ1n) is 7.04. The van der Waals surface area contributed by atoms with Gasteiger partial charge in [-0.2, -0.15) is 0 Å². The number of amides is 1. The van der Waals surface area contributed by atoms with Crippen LogP contribution in [-0.2, 0) is 0 Å². The van der Waals surface area contributed by atoms with Gasteiger partial charge in [0.1, 0.15) is 0 Å². The molecule has 1 fully saturated rings. The van der Waals surface area contributed by atoms with Crippen molar-refractivity contribution in [3.05, 3.63) is 29.8 Å². The molecule has 1 aromatic rings. The molecule has 3 nitrogen and oxygen atoms in total. The summed E-state index contributed by atoms with van der Waals surface area (Å²) in [4.78, 5) is 18.1. The van der Waals surface area contributed by atoms with Gasteiger partial charge in [-0.3, -0.25) is 9.69 Å². The van der Waals surface area contributed by atoms with Crippen molar-refractivity contribution in [3.8, 4) is 0 Å². The second kappa shape index (κ2) is 5.55. The van der Waals surface area contributed by atoms with Gasteiger partial charge in [-0.25, -0.2) is 0 Å². The molecule has 0 aliphatic carbocycles. The molecule has 1 amide bonds. The molecule has 3 rings (SSSR count). The fourth-order valence-electron chi connectivity index (χ4n) is 3.05. The van der Waals surface area contributed by atoms with Crippen LogP contribution < -0.4 is 0 Å². The number of carbonyl (C=O) groups excluding carboxylic acids is 1. The Morgan fingerprint density at radius 2 is 2.21 bits per heavy atom. The van der Waals surface area contributed by atoms with E-state index < -0.39 is 0 Å². The van der Waals surface area contributed by atoms with Gasteiger partial charge in [0.2, 0.25) is 0 Å². The summed E-state index contributed by atoms with van der Waals surface area (Å²) < 4.78 is 0. The van der Waals surface area contributed by atoms with E-state index in [2.05, 4.69) is 11.8 Å². The number of likely N-dealkylation sites (tertiary alicyclic amines) is 1. The predicted molar refractivity (Wildman–Crippen MR) is 78.5 cm³/mol. The van der Waals surface area contributed by atoms with Crippen molar-refractivity contribution in [2.75, 3.05) is 25.5 Å². The van der Waals surface area contributed by atoms with E-state index in [9.17, 15) is 4.79 Å². The lowest BCUT2D eigenvalue weighted by atomic mass is 10.1. The van der Waals surface area contributed by atoms with Gasteiger partial charge in [0.25, 0.3) is 5.91 Å². The molecule has 0 spiro atoms. The van der Waals surface area contributed by atoms with E-state index in [4.69, 9.17) is 0 Å². The average molecular weight is 276 g/mol. The van der Waals surface area contributed by atoms with Crippen LogP contribution in [0.15, 0.2) is 29.2 Å². The SMILES string of the molecule is CCN1CCC[C@@H]1CN1CSc2ccccc2C1=O. The minimum Gasteiger partial charge on any atom is -0.327 e. The Hall–Kier alpha value is -1.00. The summed E-state index contributed by atoms with van der Waals surface area (Å²) >= 11 is 1.78. The molecule has 0 bridgehead atoms. The summed E-state index contributed by atoms with van der Waals surface area (Å²) in [6.45, 7) is 5.37. The maximum absolute atomic E-state index is 12.5. The number of carbonyl (C=O) groups is 1. The highest BCUT2D eigenvalue weighted by atomic mass is 32.2. The number of hydrogen-bond acceptors (Lipinski definition) is 3. The Bertz CT molecular complexity index is 477. The van der Waals surface area contributed by atoms with Gasteiger partial charge in [-0.1, -0.05) is 19.1 Å². The molecule has 19 heavy (non-hydrogen) atoms. The topological polar surface area (TPSA) is 23.6 Å². The normalized spacial score (nSPS) is 23.7. The number of benzene rings is 1. The van der Waals surface area contributed by atoms with Crippen LogP contribution in [0.4, 0.5) is 0 Å². The monoisotopic (exact) mass is 276 g/mol. The molecular weight excluding hydrogens is 256 g/mol. The van der Waals surface area contributed by atoms with Crippen molar-refractivity contribution < 1.29 is 4.79 Å². The van der Waals surface area contributed by atoms with Crippen molar-refractivity contribution >= 4 is 17.7 Å². The number of likely N-dealkylation sites (N-methyl/N-ethyl adjacent to an activating group) is 1. The Balaban J connectivity index is 1.72. The third-order valence-electron chi connectivity index (χ3n) is 4.12. The van der Waals surface area contributed by atoms with Crippen molar-refractivity contribution in [1.82, 2.24) is 9.80 Å². The number of thioether (sulfide) groups is 1. The summed E-state index contributed by atoms with van der Waals surface area (Å²) in [7, 11) is 0. The van der Waals surface area contributed by atoms with Crippen LogP contribution >= 0.6 is 11.8 Å². The van der Waals surface area contributed by atoms with Gasteiger partial charge in [0, 0.05) is 17.5 Å². The molecule has 2 aliphatic rings. The third-order valence-corrected chi connectivity index (χ3v) is 5.22. The van der Waals surface area contributed by atoms with Crippen LogP contribution in [0.2, 0.25) is 0 Å². The summed E-state index contributed by atoms with van der Waals surface area (Å²) in [5.74, 6) is 1.00. The number of nitrogens with zero attached hydrogens (tertiary/aromatic N) is 2. The number of rotatable bonds is 3.